The monoisotopic (exact) mass is 291 g/mol. The number of hydrogen-bond donors (Lipinski definition) is 2. The van der Waals surface area contributed by atoms with Gasteiger partial charge >= 0.3 is 0 Å². The minimum absolute atomic E-state index is 0.0281. The van der Waals surface area contributed by atoms with E-state index in [1.165, 1.54) is 10.5 Å². The molecular formula is C14H21N5S. The van der Waals surface area contributed by atoms with Gasteiger partial charge in [-0.05, 0) is 31.7 Å². The summed E-state index contributed by atoms with van der Waals surface area (Å²) in [5.41, 5.74) is 4.10. The standard InChI is InChI=1S/C14H21N5S/c1-10(2)19-14(16-9-17-19)8-12(18-15)11-6-4-5-7-13(11)20-3/h4-7,9-10,12,18H,8,15H2,1-3H3. The van der Waals surface area contributed by atoms with Crippen LogP contribution in [0.25, 0.3) is 0 Å². The highest BCUT2D eigenvalue weighted by atomic mass is 32.2. The molecule has 0 aliphatic rings. The van der Waals surface area contributed by atoms with Crippen molar-refractivity contribution >= 4 is 11.8 Å². The number of hydrazine groups is 1. The fraction of sp³-hybridized carbons (Fsp3) is 0.429. The Hall–Kier alpha value is -1.37. The van der Waals surface area contributed by atoms with E-state index in [0.29, 0.717) is 12.5 Å². The topological polar surface area (TPSA) is 68.8 Å². The fourth-order valence-electron chi connectivity index (χ4n) is 2.25. The minimum atomic E-state index is 0.0281. The molecule has 0 fully saturated rings. The smallest absolute Gasteiger partial charge is 0.138 e. The highest BCUT2D eigenvalue weighted by molar-refractivity contribution is 7.98. The van der Waals surface area contributed by atoms with E-state index in [2.05, 4.69) is 47.7 Å². The molecule has 1 unspecified atom stereocenters. The largest absolute Gasteiger partial charge is 0.271 e. The van der Waals surface area contributed by atoms with Crippen LogP contribution in [0.2, 0.25) is 0 Å². The number of benzene rings is 1. The van der Waals surface area contributed by atoms with Crippen molar-refractivity contribution in [2.75, 3.05) is 6.26 Å². The molecule has 0 saturated heterocycles. The molecule has 108 valence electrons. The molecule has 3 N–H and O–H groups in total. The van der Waals surface area contributed by atoms with Crippen LogP contribution in [0.15, 0.2) is 35.5 Å². The Morgan fingerprint density at radius 2 is 2.10 bits per heavy atom. The van der Waals surface area contributed by atoms with Crippen LogP contribution in [0.4, 0.5) is 0 Å². The molecule has 2 rings (SSSR count). The number of nitrogens with one attached hydrogen (secondary N) is 1. The minimum Gasteiger partial charge on any atom is -0.271 e. The average Bonchev–Trinajstić information content (AvgIpc) is 2.93. The predicted octanol–water partition coefficient (Wildman–Crippen LogP) is 2.33. The van der Waals surface area contributed by atoms with E-state index in [9.17, 15) is 0 Å². The number of hydrogen-bond acceptors (Lipinski definition) is 5. The number of nitrogens with two attached hydrogens (primary N) is 1. The van der Waals surface area contributed by atoms with Gasteiger partial charge in [0.2, 0.25) is 0 Å². The van der Waals surface area contributed by atoms with Crippen LogP contribution in [0.3, 0.4) is 0 Å². The summed E-state index contributed by atoms with van der Waals surface area (Å²) >= 11 is 1.72. The van der Waals surface area contributed by atoms with Crippen molar-refractivity contribution in [3.63, 3.8) is 0 Å². The molecule has 0 saturated carbocycles. The van der Waals surface area contributed by atoms with Gasteiger partial charge in [0.25, 0.3) is 0 Å². The maximum Gasteiger partial charge on any atom is 0.138 e. The summed E-state index contributed by atoms with van der Waals surface area (Å²) in [5.74, 6) is 6.70. The van der Waals surface area contributed by atoms with E-state index in [4.69, 9.17) is 5.84 Å². The van der Waals surface area contributed by atoms with E-state index in [1.54, 1.807) is 18.1 Å². The Balaban J connectivity index is 2.27. The van der Waals surface area contributed by atoms with Gasteiger partial charge in [0.05, 0.1) is 6.04 Å². The Morgan fingerprint density at radius 1 is 1.35 bits per heavy atom. The predicted molar refractivity (Wildman–Crippen MR) is 82.4 cm³/mol. The van der Waals surface area contributed by atoms with Crippen molar-refractivity contribution in [1.82, 2.24) is 20.2 Å². The third-order valence-electron chi connectivity index (χ3n) is 3.24. The van der Waals surface area contributed by atoms with E-state index < -0.39 is 0 Å². The zero-order chi connectivity index (χ0) is 14.5. The number of thioether (sulfide) groups is 1. The van der Waals surface area contributed by atoms with Gasteiger partial charge in [-0.3, -0.25) is 11.3 Å². The second-order valence-corrected chi connectivity index (χ2v) is 5.73. The maximum absolute atomic E-state index is 5.75. The van der Waals surface area contributed by atoms with Gasteiger partial charge in [0, 0.05) is 17.4 Å². The first-order valence-electron chi connectivity index (χ1n) is 6.64. The normalized spacial score (nSPS) is 12.8. The van der Waals surface area contributed by atoms with Crippen LogP contribution in [0, 0.1) is 0 Å². The molecule has 2 aromatic rings. The summed E-state index contributed by atoms with van der Waals surface area (Å²) < 4.78 is 1.94. The maximum atomic E-state index is 5.75. The van der Waals surface area contributed by atoms with Gasteiger partial charge in [-0.2, -0.15) is 5.10 Å². The van der Waals surface area contributed by atoms with Gasteiger partial charge in [-0.15, -0.1) is 11.8 Å². The lowest BCUT2D eigenvalue weighted by Gasteiger charge is -2.19. The molecule has 6 heteroatoms. The SMILES string of the molecule is CSc1ccccc1C(Cc1ncnn1C(C)C)NN. The zero-order valence-corrected chi connectivity index (χ0v) is 12.9. The van der Waals surface area contributed by atoms with Crippen molar-refractivity contribution in [1.29, 1.82) is 0 Å². The lowest BCUT2D eigenvalue weighted by atomic mass is 10.0. The van der Waals surface area contributed by atoms with Crippen molar-refractivity contribution in [2.24, 2.45) is 5.84 Å². The van der Waals surface area contributed by atoms with Crippen LogP contribution in [0.5, 0.6) is 0 Å². The summed E-state index contributed by atoms with van der Waals surface area (Å²) in [6.45, 7) is 4.19. The van der Waals surface area contributed by atoms with E-state index in [0.717, 1.165) is 5.82 Å². The molecule has 1 heterocycles. The van der Waals surface area contributed by atoms with Gasteiger partial charge in [0.15, 0.2) is 0 Å². The number of aromatic nitrogens is 3. The molecule has 20 heavy (non-hydrogen) atoms. The van der Waals surface area contributed by atoms with Crippen LogP contribution in [-0.4, -0.2) is 21.0 Å². The third-order valence-corrected chi connectivity index (χ3v) is 4.05. The summed E-state index contributed by atoms with van der Waals surface area (Å²) in [6, 6.07) is 8.61. The second kappa shape index (κ2) is 6.88. The first kappa shape index (κ1) is 15.0. The first-order valence-corrected chi connectivity index (χ1v) is 7.87. The molecule has 0 aliphatic heterocycles. The molecule has 5 nitrogen and oxygen atoms in total. The molecule has 0 amide bonds. The lowest BCUT2D eigenvalue weighted by molar-refractivity contribution is 0.466. The van der Waals surface area contributed by atoms with Crippen LogP contribution in [0.1, 0.15) is 37.3 Å². The average molecular weight is 291 g/mol. The van der Waals surface area contributed by atoms with E-state index in [-0.39, 0.29) is 6.04 Å². The van der Waals surface area contributed by atoms with Crippen molar-refractivity contribution in [3.05, 3.63) is 42.0 Å². The third kappa shape index (κ3) is 3.20. The van der Waals surface area contributed by atoms with E-state index >= 15 is 0 Å². The Morgan fingerprint density at radius 3 is 2.75 bits per heavy atom. The van der Waals surface area contributed by atoms with Crippen LogP contribution < -0.4 is 11.3 Å². The zero-order valence-electron chi connectivity index (χ0n) is 12.1. The molecular weight excluding hydrogens is 270 g/mol. The Kier molecular flexibility index (Phi) is 5.17. The highest BCUT2D eigenvalue weighted by Crippen LogP contribution is 2.27. The fourth-order valence-corrected chi connectivity index (χ4v) is 2.91. The van der Waals surface area contributed by atoms with Gasteiger partial charge in [-0.25, -0.2) is 9.67 Å². The van der Waals surface area contributed by atoms with Crippen molar-refractivity contribution in [3.8, 4) is 0 Å². The molecule has 0 bridgehead atoms. The molecule has 1 atom stereocenters. The quantitative estimate of drug-likeness (QED) is 0.486. The molecule has 0 aliphatic carbocycles. The lowest BCUT2D eigenvalue weighted by Crippen LogP contribution is -2.31. The van der Waals surface area contributed by atoms with Crippen LogP contribution in [-0.2, 0) is 6.42 Å². The molecule has 0 radical (unpaired) electrons. The Labute approximate surface area is 123 Å². The number of nitrogens with zero attached hydrogens (tertiary/aromatic N) is 3. The van der Waals surface area contributed by atoms with Gasteiger partial charge in [-0.1, -0.05) is 18.2 Å². The molecule has 0 spiro atoms. The van der Waals surface area contributed by atoms with E-state index in [1.807, 2.05) is 16.8 Å². The second-order valence-electron chi connectivity index (χ2n) is 4.88. The first-order chi connectivity index (χ1) is 9.67. The summed E-state index contributed by atoms with van der Waals surface area (Å²) in [4.78, 5) is 5.58. The number of rotatable bonds is 6. The summed E-state index contributed by atoms with van der Waals surface area (Å²) in [5, 5.41) is 4.27. The van der Waals surface area contributed by atoms with Crippen molar-refractivity contribution in [2.45, 2.75) is 37.2 Å². The summed E-state index contributed by atoms with van der Waals surface area (Å²) in [7, 11) is 0. The van der Waals surface area contributed by atoms with Crippen molar-refractivity contribution < 1.29 is 0 Å². The molecule has 1 aromatic heterocycles. The molecule has 1 aromatic carbocycles. The van der Waals surface area contributed by atoms with Gasteiger partial charge in [0.1, 0.15) is 12.2 Å². The highest BCUT2D eigenvalue weighted by Gasteiger charge is 2.18. The van der Waals surface area contributed by atoms with Crippen LogP contribution >= 0.6 is 11.8 Å². The summed E-state index contributed by atoms with van der Waals surface area (Å²) in [6.07, 6.45) is 4.39. The van der Waals surface area contributed by atoms with Gasteiger partial charge < -0.3 is 0 Å². The Bertz CT molecular complexity index is 552.